The molecule has 0 spiro atoms. The number of sulfonamides is 1. The highest BCUT2D eigenvalue weighted by molar-refractivity contribution is 7.89. The number of nitrogens with one attached hydrogen (secondary N) is 1. The third-order valence-electron chi connectivity index (χ3n) is 5.50. The number of aliphatic carboxylic acids is 1. The van der Waals surface area contributed by atoms with Crippen LogP contribution in [0.25, 0.3) is 0 Å². The molecule has 2 atom stereocenters. The number of benzene rings is 2. The van der Waals surface area contributed by atoms with Gasteiger partial charge in [-0.05, 0) is 48.4 Å². The van der Waals surface area contributed by atoms with E-state index in [1.807, 2.05) is 0 Å². The number of carbonyl (C=O) groups excluding carboxylic acids is 2. The van der Waals surface area contributed by atoms with Crippen LogP contribution in [0.5, 0.6) is 0 Å². The minimum absolute atomic E-state index is 0.0551. The molecular formula is C23H25F2N3O6S. The van der Waals surface area contributed by atoms with Crippen LogP contribution in [0, 0.1) is 11.6 Å². The van der Waals surface area contributed by atoms with Gasteiger partial charge in [-0.25, -0.2) is 17.2 Å². The van der Waals surface area contributed by atoms with Gasteiger partial charge >= 0.3 is 5.97 Å². The second-order valence-electron chi connectivity index (χ2n) is 8.02. The minimum Gasteiger partial charge on any atom is -0.481 e. The topological polar surface area (TPSA) is 124 Å². The minimum atomic E-state index is -3.94. The van der Waals surface area contributed by atoms with E-state index in [-0.39, 0.29) is 30.8 Å². The number of halogens is 2. The zero-order chi connectivity index (χ0) is 25.8. The lowest BCUT2D eigenvalue weighted by Gasteiger charge is -2.30. The van der Waals surface area contributed by atoms with E-state index in [1.165, 1.54) is 24.3 Å². The summed E-state index contributed by atoms with van der Waals surface area (Å²) in [6, 6.07) is 8.31. The van der Waals surface area contributed by atoms with Crippen molar-refractivity contribution in [2.45, 2.75) is 32.0 Å². The molecule has 3 rings (SSSR count). The molecule has 0 bridgehead atoms. The number of hydrogen-bond donors (Lipinski definition) is 2. The molecule has 2 N–H and O–H groups in total. The van der Waals surface area contributed by atoms with E-state index in [9.17, 15) is 36.7 Å². The van der Waals surface area contributed by atoms with E-state index in [0.717, 1.165) is 33.5 Å². The van der Waals surface area contributed by atoms with Crippen molar-refractivity contribution in [2.75, 3.05) is 18.8 Å². The van der Waals surface area contributed by atoms with Crippen LogP contribution >= 0.6 is 0 Å². The number of nitrogens with zero attached hydrogens (tertiary/aromatic N) is 2. The quantitative estimate of drug-likeness (QED) is 0.534. The molecule has 1 saturated heterocycles. The van der Waals surface area contributed by atoms with Gasteiger partial charge in [0, 0.05) is 18.7 Å². The van der Waals surface area contributed by atoms with Crippen LogP contribution in [0.15, 0.2) is 48.5 Å². The Bertz CT molecular complexity index is 1190. The average Bonchev–Trinajstić information content (AvgIpc) is 3.25. The Morgan fingerprint density at radius 3 is 2.14 bits per heavy atom. The summed E-state index contributed by atoms with van der Waals surface area (Å²) in [5.41, 5.74) is 0.346. The molecule has 1 aliphatic rings. The highest BCUT2D eigenvalue weighted by atomic mass is 32.2. The molecule has 1 aliphatic heterocycles. The molecule has 1 heterocycles. The molecule has 35 heavy (non-hydrogen) atoms. The molecule has 2 aromatic rings. The van der Waals surface area contributed by atoms with Gasteiger partial charge in [-0.2, -0.15) is 4.31 Å². The highest BCUT2D eigenvalue weighted by Crippen LogP contribution is 2.25. The number of carboxylic acids is 1. The largest absolute Gasteiger partial charge is 0.481 e. The molecule has 1 fully saturated rings. The molecule has 12 heteroatoms. The maximum absolute atomic E-state index is 13.4. The van der Waals surface area contributed by atoms with Crippen LogP contribution in [-0.4, -0.2) is 65.5 Å². The molecule has 0 aliphatic carbocycles. The number of hydrogen-bond acceptors (Lipinski definition) is 5. The molecule has 2 unspecified atom stereocenters. The van der Waals surface area contributed by atoms with Gasteiger partial charge in [0.25, 0.3) is 11.8 Å². The predicted octanol–water partition coefficient (Wildman–Crippen LogP) is 2.12. The Morgan fingerprint density at radius 2 is 1.60 bits per heavy atom. The third-order valence-corrected chi connectivity index (χ3v) is 7.52. The monoisotopic (exact) mass is 509 g/mol. The van der Waals surface area contributed by atoms with Crippen LogP contribution in [0.3, 0.4) is 0 Å². The lowest BCUT2D eigenvalue weighted by atomic mass is 10.0. The Labute approximate surface area is 201 Å². The van der Waals surface area contributed by atoms with Gasteiger partial charge < -0.3 is 15.3 Å². The van der Waals surface area contributed by atoms with Crippen molar-refractivity contribution in [1.82, 2.24) is 14.5 Å². The van der Waals surface area contributed by atoms with Crippen molar-refractivity contribution in [3.8, 4) is 0 Å². The van der Waals surface area contributed by atoms with Crippen LogP contribution in [0.1, 0.15) is 41.7 Å². The summed E-state index contributed by atoms with van der Waals surface area (Å²) in [7, 11) is -3.94. The number of carbonyl (C=O) groups is 3. The number of rotatable bonds is 9. The zero-order valence-corrected chi connectivity index (χ0v) is 19.7. The standard InChI is InChI=1S/C23H25F2N3O6S/c1-2-13-35(33,34)28-12-11-27(23(32)16-5-9-18(25)10-6-16)22(28)21(31)26-19(14-20(29)30)15-3-7-17(24)8-4-15/h3-10,19,22H,2,11-14H2,1H3,(H,26,31)(H,29,30). The maximum Gasteiger partial charge on any atom is 0.305 e. The van der Waals surface area contributed by atoms with Crippen molar-refractivity contribution >= 4 is 27.8 Å². The molecular weight excluding hydrogens is 484 g/mol. The summed E-state index contributed by atoms with van der Waals surface area (Å²) in [4.78, 5) is 39.0. The fraction of sp³-hybridized carbons (Fsp3) is 0.348. The normalized spacial score (nSPS) is 17.2. The fourth-order valence-corrected chi connectivity index (χ4v) is 5.51. The van der Waals surface area contributed by atoms with Gasteiger partial charge in [0.1, 0.15) is 11.6 Å². The van der Waals surface area contributed by atoms with Crippen LogP contribution in [-0.2, 0) is 19.6 Å². The Balaban J connectivity index is 1.96. The van der Waals surface area contributed by atoms with Crippen LogP contribution < -0.4 is 5.32 Å². The molecule has 2 aromatic carbocycles. The first kappa shape index (κ1) is 26.2. The first-order valence-corrected chi connectivity index (χ1v) is 12.5. The lowest BCUT2D eigenvalue weighted by Crippen LogP contribution is -2.54. The number of carboxylic acid groups (broad SMARTS) is 1. The van der Waals surface area contributed by atoms with Crippen molar-refractivity contribution in [1.29, 1.82) is 0 Å². The molecule has 0 saturated carbocycles. The van der Waals surface area contributed by atoms with E-state index < -0.39 is 58.1 Å². The van der Waals surface area contributed by atoms with Crippen molar-refractivity contribution < 1.29 is 36.7 Å². The van der Waals surface area contributed by atoms with Crippen molar-refractivity contribution in [3.05, 3.63) is 71.3 Å². The zero-order valence-electron chi connectivity index (χ0n) is 18.9. The molecule has 9 nitrogen and oxygen atoms in total. The first-order chi connectivity index (χ1) is 16.5. The average molecular weight is 510 g/mol. The maximum atomic E-state index is 13.4. The van der Waals surface area contributed by atoms with E-state index in [0.29, 0.717) is 5.56 Å². The smallest absolute Gasteiger partial charge is 0.305 e. The highest BCUT2D eigenvalue weighted by Gasteiger charge is 2.46. The molecule has 188 valence electrons. The van der Waals surface area contributed by atoms with Gasteiger partial charge in [0.05, 0.1) is 18.2 Å². The number of amides is 2. The van der Waals surface area contributed by atoms with E-state index >= 15 is 0 Å². The van der Waals surface area contributed by atoms with Crippen LogP contribution in [0.2, 0.25) is 0 Å². The van der Waals surface area contributed by atoms with E-state index in [2.05, 4.69) is 5.32 Å². The molecule has 0 radical (unpaired) electrons. The second kappa shape index (κ2) is 10.9. The second-order valence-corrected chi connectivity index (χ2v) is 10.1. The van der Waals surface area contributed by atoms with Gasteiger partial charge in [-0.3, -0.25) is 14.4 Å². The fourth-order valence-electron chi connectivity index (χ4n) is 3.88. The Morgan fingerprint density at radius 1 is 1.03 bits per heavy atom. The third kappa shape index (κ3) is 6.20. The van der Waals surface area contributed by atoms with Gasteiger partial charge in [0.2, 0.25) is 10.0 Å². The summed E-state index contributed by atoms with van der Waals surface area (Å²) in [6.45, 7) is 1.41. The summed E-state index contributed by atoms with van der Waals surface area (Å²) in [5.74, 6) is -4.23. The summed E-state index contributed by atoms with van der Waals surface area (Å²) in [5, 5.41) is 11.8. The van der Waals surface area contributed by atoms with Crippen molar-refractivity contribution in [3.63, 3.8) is 0 Å². The lowest BCUT2D eigenvalue weighted by molar-refractivity contribution is -0.138. The first-order valence-electron chi connectivity index (χ1n) is 10.9. The van der Waals surface area contributed by atoms with E-state index in [1.54, 1.807) is 6.92 Å². The summed E-state index contributed by atoms with van der Waals surface area (Å²) >= 11 is 0. The summed E-state index contributed by atoms with van der Waals surface area (Å²) < 4.78 is 53.4. The van der Waals surface area contributed by atoms with Gasteiger partial charge in [0.15, 0.2) is 6.17 Å². The SMILES string of the molecule is CCCS(=O)(=O)N1CCN(C(=O)c2ccc(F)cc2)C1C(=O)NC(CC(=O)O)c1ccc(F)cc1. The van der Waals surface area contributed by atoms with Gasteiger partial charge in [-0.15, -0.1) is 0 Å². The predicted molar refractivity (Wildman–Crippen MR) is 122 cm³/mol. The molecule has 0 aromatic heterocycles. The van der Waals surface area contributed by atoms with E-state index in [4.69, 9.17) is 0 Å². The summed E-state index contributed by atoms with van der Waals surface area (Å²) in [6.07, 6.45) is -1.87. The Kier molecular flexibility index (Phi) is 8.18. The van der Waals surface area contributed by atoms with Crippen molar-refractivity contribution in [2.24, 2.45) is 0 Å². The van der Waals surface area contributed by atoms with Crippen LogP contribution in [0.4, 0.5) is 8.78 Å². The molecule has 2 amide bonds. The Hall–Kier alpha value is -3.38. The van der Waals surface area contributed by atoms with Gasteiger partial charge in [-0.1, -0.05) is 19.1 Å².